The summed E-state index contributed by atoms with van der Waals surface area (Å²) in [5.41, 5.74) is 2.61. The van der Waals surface area contributed by atoms with Gasteiger partial charge in [0.2, 0.25) is 0 Å². The minimum absolute atomic E-state index is 0.0692. The number of carbonyl (C=O) groups is 2. The maximum atomic E-state index is 12.4. The quantitative estimate of drug-likeness (QED) is 0.827. The molecule has 1 amide bonds. The number of ether oxygens (including phenoxy) is 1. The molecule has 0 aliphatic rings. The lowest BCUT2D eigenvalue weighted by Gasteiger charge is -2.22. The lowest BCUT2D eigenvalue weighted by molar-refractivity contribution is -0.137. The first-order chi connectivity index (χ1) is 9.43. The van der Waals surface area contributed by atoms with Crippen molar-refractivity contribution >= 4 is 11.9 Å². The smallest absolute Gasteiger partial charge is 0.305 e. The first-order valence-electron chi connectivity index (χ1n) is 6.52. The van der Waals surface area contributed by atoms with Crippen molar-refractivity contribution in [3.8, 4) is 0 Å². The molecular formula is C15H21NO4. The zero-order valence-electron chi connectivity index (χ0n) is 12.2. The van der Waals surface area contributed by atoms with E-state index in [0.29, 0.717) is 18.7 Å². The van der Waals surface area contributed by atoms with Crippen LogP contribution in [0.25, 0.3) is 0 Å². The van der Waals surface area contributed by atoms with E-state index in [-0.39, 0.29) is 18.9 Å². The van der Waals surface area contributed by atoms with Gasteiger partial charge in [0.1, 0.15) is 0 Å². The van der Waals surface area contributed by atoms with Crippen LogP contribution in [-0.2, 0) is 9.53 Å². The molecule has 0 spiro atoms. The summed E-state index contributed by atoms with van der Waals surface area (Å²) in [4.78, 5) is 24.6. The van der Waals surface area contributed by atoms with Crippen molar-refractivity contribution in [1.29, 1.82) is 0 Å². The molecule has 0 fully saturated rings. The minimum Gasteiger partial charge on any atom is -0.481 e. The number of carbonyl (C=O) groups excluding carboxylic acids is 1. The van der Waals surface area contributed by atoms with Crippen molar-refractivity contribution in [1.82, 2.24) is 4.90 Å². The van der Waals surface area contributed by atoms with Crippen molar-refractivity contribution in [3.63, 3.8) is 0 Å². The molecule has 1 N–H and O–H groups in total. The highest BCUT2D eigenvalue weighted by Gasteiger charge is 2.17. The van der Waals surface area contributed by atoms with Gasteiger partial charge in [-0.3, -0.25) is 9.59 Å². The van der Waals surface area contributed by atoms with Crippen molar-refractivity contribution in [2.75, 3.05) is 26.8 Å². The highest BCUT2D eigenvalue weighted by atomic mass is 16.5. The van der Waals surface area contributed by atoms with E-state index in [9.17, 15) is 9.59 Å². The fourth-order valence-electron chi connectivity index (χ4n) is 2.03. The SMILES string of the molecule is COCCN(CCC(=O)O)C(=O)c1cc(C)cc(C)c1. The molecule has 0 bridgehead atoms. The van der Waals surface area contributed by atoms with Crippen molar-refractivity contribution < 1.29 is 19.4 Å². The molecule has 5 nitrogen and oxygen atoms in total. The number of hydrogen-bond acceptors (Lipinski definition) is 3. The third-order valence-corrected chi connectivity index (χ3v) is 2.92. The third kappa shape index (κ3) is 5.01. The number of rotatable bonds is 7. The molecular weight excluding hydrogens is 258 g/mol. The van der Waals surface area contributed by atoms with E-state index in [1.807, 2.05) is 32.0 Å². The first kappa shape index (κ1) is 16.2. The fraction of sp³-hybridized carbons (Fsp3) is 0.467. The number of aliphatic carboxylic acids is 1. The monoisotopic (exact) mass is 279 g/mol. The van der Waals surface area contributed by atoms with Gasteiger partial charge in [-0.1, -0.05) is 17.2 Å². The highest BCUT2D eigenvalue weighted by Crippen LogP contribution is 2.12. The molecule has 1 aromatic carbocycles. The largest absolute Gasteiger partial charge is 0.481 e. The van der Waals surface area contributed by atoms with Crippen LogP contribution in [0.4, 0.5) is 0 Å². The summed E-state index contributed by atoms with van der Waals surface area (Å²) < 4.78 is 4.97. The van der Waals surface area contributed by atoms with Crippen LogP contribution in [0.15, 0.2) is 18.2 Å². The predicted octanol–water partition coefficient (Wildman–Crippen LogP) is 1.87. The lowest BCUT2D eigenvalue weighted by Crippen LogP contribution is -2.35. The average Bonchev–Trinajstić information content (AvgIpc) is 2.36. The van der Waals surface area contributed by atoms with Gasteiger partial charge in [-0.25, -0.2) is 0 Å². The lowest BCUT2D eigenvalue weighted by atomic mass is 10.1. The molecule has 0 saturated heterocycles. The van der Waals surface area contributed by atoms with Crippen LogP contribution in [0.3, 0.4) is 0 Å². The Balaban J connectivity index is 2.87. The van der Waals surface area contributed by atoms with Gasteiger partial charge in [0.25, 0.3) is 5.91 Å². The van der Waals surface area contributed by atoms with Crippen LogP contribution in [0.2, 0.25) is 0 Å². The van der Waals surface area contributed by atoms with Gasteiger partial charge in [0, 0.05) is 25.8 Å². The summed E-state index contributed by atoms with van der Waals surface area (Å²) in [6.45, 7) is 4.82. The number of benzene rings is 1. The van der Waals surface area contributed by atoms with E-state index in [2.05, 4.69) is 0 Å². The number of carboxylic acids is 1. The topological polar surface area (TPSA) is 66.8 Å². The van der Waals surface area contributed by atoms with Crippen molar-refractivity contribution in [2.24, 2.45) is 0 Å². The minimum atomic E-state index is -0.916. The molecule has 0 radical (unpaired) electrons. The second-order valence-electron chi connectivity index (χ2n) is 4.81. The second kappa shape index (κ2) is 7.65. The number of amides is 1. The Kier molecular flexibility index (Phi) is 6.18. The number of nitrogens with zero attached hydrogens (tertiary/aromatic N) is 1. The molecule has 0 saturated carbocycles. The summed E-state index contributed by atoms with van der Waals surface area (Å²) in [7, 11) is 1.55. The van der Waals surface area contributed by atoms with E-state index < -0.39 is 5.97 Å². The van der Waals surface area contributed by atoms with Crippen molar-refractivity contribution in [3.05, 3.63) is 34.9 Å². The molecule has 0 unspecified atom stereocenters. The zero-order valence-corrected chi connectivity index (χ0v) is 12.2. The van der Waals surface area contributed by atoms with E-state index in [0.717, 1.165) is 11.1 Å². The predicted molar refractivity (Wildman–Crippen MR) is 75.9 cm³/mol. The summed E-state index contributed by atoms with van der Waals surface area (Å²) in [6, 6.07) is 5.62. The number of hydrogen-bond donors (Lipinski definition) is 1. The molecule has 0 aromatic heterocycles. The Bertz CT molecular complexity index is 465. The van der Waals surface area contributed by atoms with Crippen LogP contribution < -0.4 is 0 Å². The van der Waals surface area contributed by atoms with Gasteiger partial charge in [0.05, 0.1) is 13.0 Å². The second-order valence-corrected chi connectivity index (χ2v) is 4.81. The normalized spacial score (nSPS) is 10.3. The molecule has 5 heteroatoms. The summed E-state index contributed by atoms with van der Waals surface area (Å²) >= 11 is 0. The summed E-state index contributed by atoms with van der Waals surface area (Å²) in [5.74, 6) is -1.07. The van der Waals surface area contributed by atoms with E-state index in [1.165, 1.54) is 4.90 Å². The van der Waals surface area contributed by atoms with Crippen molar-refractivity contribution in [2.45, 2.75) is 20.3 Å². The third-order valence-electron chi connectivity index (χ3n) is 2.92. The highest BCUT2D eigenvalue weighted by molar-refractivity contribution is 5.94. The molecule has 1 rings (SSSR count). The molecule has 110 valence electrons. The molecule has 0 aliphatic carbocycles. The molecule has 20 heavy (non-hydrogen) atoms. The van der Waals surface area contributed by atoms with E-state index in [1.54, 1.807) is 7.11 Å². The van der Waals surface area contributed by atoms with Gasteiger partial charge < -0.3 is 14.7 Å². The van der Waals surface area contributed by atoms with Crippen LogP contribution in [0.1, 0.15) is 27.9 Å². The molecule has 0 aliphatic heterocycles. The molecule has 0 heterocycles. The Morgan fingerprint density at radius 1 is 1.15 bits per heavy atom. The van der Waals surface area contributed by atoms with Gasteiger partial charge in [0.15, 0.2) is 0 Å². The number of methoxy groups -OCH3 is 1. The Labute approximate surface area is 119 Å². The van der Waals surface area contributed by atoms with E-state index >= 15 is 0 Å². The average molecular weight is 279 g/mol. The Morgan fingerprint density at radius 3 is 2.25 bits per heavy atom. The maximum absolute atomic E-state index is 12.4. The summed E-state index contributed by atoms with van der Waals surface area (Å²) in [5, 5.41) is 8.76. The van der Waals surface area contributed by atoms with Crippen LogP contribution >= 0.6 is 0 Å². The number of aryl methyl sites for hydroxylation is 2. The van der Waals surface area contributed by atoms with Gasteiger partial charge >= 0.3 is 5.97 Å². The van der Waals surface area contributed by atoms with Gasteiger partial charge in [-0.15, -0.1) is 0 Å². The van der Waals surface area contributed by atoms with Gasteiger partial charge in [-0.05, 0) is 26.0 Å². The Hall–Kier alpha value is -1.88. The van der Waals surface area contributed by atoms with E-state index in [4.69, 9.17) is 9.84 Å². The van der Waals surface area contributed by atoms with Crippen LogP contribution in [0, 0.1) is 13.8 Å². The number of carboxylic acid groups (broad SMARTS) is 1. The summed E-state index contributed by atoms with van der Waals surface area (Å²) in [6.07, 6.45) is -0.0692. The standard InChI is InChI=1S/C15H21NO4/c1-11-8-12(2)10-13(9-11)15(19)16(6-7-20-3)5-4-14(17)18/h8-10H,4-7H2,1-3H3,(H,17,18). The first-order valence-corrected chi connectivity index (χ1v) is 6.52. The Morgan fingerprint density at radius 2 is 1.75 bits per heavy atom. The maximum Gasteiger partial charge on any atom is 0.305 e. The van der Waals surface area contributed by atoms with Gasteiger partial charge in [-0.2, -0.15) is 0 Å². The molecule has 0 atom stereocenters. The zero-order chi connectivity index (χ0) is 15.1. The van der Waals surface area contributed by atoms with Crippen LogP contribution in [0.5, 0.6) is 0 Å². The molecule has 1 aromatic rings. The van der Waals surface area contributed by atoms with Crippen LogP contribution in [-0.4, -0.2) is 48.7 Å². The fourth-order valence-corrected chi connectivity index (χ4v) is 2.03.